The monoisotopic (exact) mass is 288 g/mol. The van der Waals surface area contributed by atoms with Crippen LogP contribution in [0.3, 0.4) is 0 Å². The van der Waals surface area contributed by atoms with E-state index in [9.17, 15) is 9.18 Å². The Hall–Kier alpha value is -2.16. The molecule has 5 heteroatoms. The van der Waals surface area contributed by atoms with Crippen molar-refractivity contribution < 1.29 is 9.18 Å². The van der Waals surface area contributed by atoms with Gasteiger partial charge in [-0.25, -0.2) is 4.39 Å². The number of carbonyl (C=O) groups is 1. The molecular weight excluding hydrogens is 275 g/mol. The minimum Gasteiger partial charge on any atom is -0.321 e. The molecule has 0 aliphatic heterocycles. The Bertz CT molecular complexity index is 697. The van der Waals surface area contributed by atoms with Gasteiger partial charge in [0, 0.05) is 5.69 Å². The molecule has 1 amide bonds. The molecule has 0 aliphatic carbocycles. The highest BCUT2D eigenvalue weighted by atomic mass is 32.1. The zero-order valence-electron chi connectivity index (χ0n) is 10.9. The Morgan fingerprint density at radius 1 is 1.45 bits per heavy atom. The molecule has 2 aromatic rings. The summed E-state index contributed by atoms with van der Waals surface area (Å²) in [6.45, 7) is 2.03. The van der Waals surface area contributed by atoms with E-state index in [1.807, 2.05) is 18.4 Å². The van der Waals surface area contributed by atoms with Gasteiger partial charge in [-0.2, -0.15) is 0 Å². The van der Waals surface area contributed by atoms with Crippen LogP contribution in [0.2, 0.25) is 0 Å². The molecule has 0 atom stereocenters. The van der Waals surface area contributed by atoms with Gasteiger partial charge >= 0.3 is 0 Å². The molecule has 20 heavy (non-hydrogen) atoms. The lowest BCUT2D eigenvalue weighted by Gasteiger charge is -2.05. The Labute approximate surface area is 120 Å². The van der Waals surface area contributed by atoms with Crippen LogP contribution in [-0.2, 0) is 0 Å². The van der Waals surface area contributed by atoms with Crippen LogP contribution < -0.4 is 11.1 Å². The summed E-state index contributed by atoms with van der Waals surface area (Å²) in [5, 5.41) is 4.51. The van der Waals surface area contributed by atoms with E-state index >= 15 is 0 Å². The fourth-order valence-electron chi connectivity index (χ4n) is 1.63. The van der Waals surface area contributed by atoms with Gasteiger partial charge in [-0.1, -0.05) is 11.8 Å². The number of thiophene rings is 1. The summed E-state index contributed by atoms with van der Waals surface area (Å²) < 4.78 is 13.8. The van der Waals surface area contributed by atoms with E-state index in [1.165, 1.54) is 23.5 Å². The number of hydrogen-bond donors (Lipinski definition) is 2. The third-order valence-electron chi connectivity index (χ3n) is 2.62. The molecule has 0 saturated heterocycles. The van der Waals surface area contributed by atoms with Gasteiger partial charge in [-0.05, 0) is 42.1 Å². The number of nitrogens with one attached hydrogen (secondary N) is 1. The first kappa shape index (κ1) is 14.3. The number of rotatable bonds is 2. The first-order chi connectivity index (χ1) is 9.61. The van der Waals surface area contributed by atoms with Crippen LogP contribution in [0, 0.1) is 24.6 Å². The van der Waals surface area contributed by atoms with E-state index in [-0.39, 0.29) is 18.0 Å². The largest absolute Gasteiger partial charge is 0.321 e. The molecule has 2 rings (SSSR count). The van der Waals surface area contributed by atoms with Crippen molar-refractivity contribution in [3.63, 3.8) is 0 Å². The van der Waals surface area contributed by atoms with Gasteiger partial charge in [0.2, 0.25) is 0 Å². The van der Waals surface area contributed by atoms with Crippen LogP contribution in [0.4, 0.5) is 10.1 Å². The van der Waals surface area contributed by atoms with Crippen molar-refractivity contribution in [2.24, 2.45) is 5.73 Å². The number of anilines is 1. The van der Waals surface area contributed by atoms with Crippen LogP contribution >= 0.6 is 11.3 Å². The molecule has 3 nitrogen and oxygen atoms in total. The first-order valence-electron chi connectivity index (χ1n) is 5.95. The summed E-state index contributed by atoms with van der Waals surface area (Å²) >= 11 is 1.35. The van der Waals surface area contributed by atoms with Crippen molar-refractivity contribution in [3.8, 4) is 11.8 Å². The van der Waals surface area contributed by atoms with Crippen molar-refractivity contribution in [1.82, 2.24) is 0 Å². The van der Waals surface area contributed by atoms with Gasteiger partial charge in [-0.3, -0.25) is 4.79 Å². The molecule has 0 saturated carbocycles. The summed E-state index contributed by atoms with van der Waals surface area (Å²) in [5.41, 5.74) is 6.81. The van der Waals surface area contributed by atoms with Crippen LogP contribution in [0.5, 0.6) is 0 Å². The lowest BCUT2D eigenvalue weighted by atomic mass is 10.2. The van der Waals surface area contributed by atoms with Crippen LogP contribution in [0.15, 0.2) is 29.6 Å². The number of aryl methyl sites for hydroxylation is 1. The predicted molar refractivity (Wildman–Crippen MR) is 79.3 cm³/mol. The molecule has 0 aliphatic rings. The standard InChI is InChI=1S/C15H13FN2OS/c1-10-6-8-20-14(10)15(19)18-12-5-4-11(3-2-7-17)13(16)9-12/h4-6,8-9H,7,17H2,1H3,(H,18,19). The number of hydrogen-bond acceptors (Lipinski definition) is 3. The number of carbonyl (C=O) groups excluding carboxylic acids is 1. The fourth-order valence-corrected chi connectivity index (χ4v) is 2.45. The summed E-state index contributed by atoms with van der Waals surface area (Å²) in [6.07, 6.45) is 0. The number of halogens is 1. The molecule has 0 fully saturated rings. The van der Waals surface area contributed by atoms with E-state index < -0.39 is 5.82 Å². The normalized spacial score (nSPS) is 9.75. The number of nitrogens with two attached hydrogens (primary N) is 1. The number of benzene rings is 1. The summed E-state index contributed by atoms with van der Waals surface area (Å²) in [7, 11) is 0. The predicted octanol–water partition coefficient (Wildman–Crippen LogP) is 2.76. The molecular formula is C15H13FN2OS. The van der Waals surface area contributed by atoms with Gasteiger partial charge in [0.05, 0.1) is 17.0 Å². The smallest absolute Gasteiger partial charge is 0.265 e. The van der Waals surface area contributed by atoms with E-state index in [0.29, 0.717) is 10.6 Å². The van der Waals surface area contributed by atoms with Crippen LogP contribution in [-0.4, -0.2) is 12.5 Å². The fraction of sp³-hybridized carbons (Fsp3) is 0.133. The average Bonchev–Trinajstić information content (AvgIpc) is 2.84. The maximum absolute atomic E-state index is 13.8. The average molecular weight is 288 g/mol. The SMILES string of the molecule is Cc1ccsc1C(=O)Nc1ccc(C#CCN)c(F)c1. The summed E-state index contributed by atoms with van der Waals surface area (Å²) in [4.78, 5) is 12.6. The second-order valence-corrected chi connectivity index (χ2v) is 5.00. The highest BCUT2D eigenvalue weighted by molar-refractivity contribution is 7.12. The molecule has 1 aromatic heterocycles. The highest BCUT2D eigenvalue weighted by Crippen LogP contribution is 2.19. The van der Waals surface area contributed by atoms with Crippen molar-refractivity contribution in [2.75, 3.05) is 11.9 Å². The van der Waals surface area contributed by atoms with Crippen molar-refractivity contribution in [3.05, 3.63) is 51.5 Å². The van der Waals surface area contributed by atoms with Crippen molar-refractivity contribution in [1.29, 1.82) is 0 Å². The first-order valence-corrected chi connectivity index (χ1v) is 6.83. The third-order valence-corrected chi connectivity index (χ3v) is 3.64. The van der Waals surface area contributed by atoms with E-state index in [0.717, 1.165) is 5.56 Å². The van der Waals surface area contributed by atoms with Crippen molar-refractivity contribution >= 4 is 22.9 Å². The van der Waals surface area contributed by atoms with Crippen molar-refractivity contribution in [2.45, 2.75) is 6.92 Å². The highest BCUT2D eigenvalue weighted by Gasteiger charge is 2.11. The Morgan fingerprint density at radius 3 is 2.85 bits per heavy atom. The Kier molecular flexibility index (Phi) is 4.51. The topological polar surface area (TPSA) is 55.1 Å². The van der Waals surface area contributed by atoms with E-state index in [1.54, 1.807) is 6.07 Å². The minimum absolute atomic E-state index is 0.176. The van der Waals surface area contributed by atoms with Gasteiger partial charge in [0.15, 0.2) is 0 Å². The minimum atomic E-state index is -0.480. The molecule has 102 valence electrons. The second-order valence-electron chi connectivity index (χ2n) is 4.09. The molecule has 1 aromatic carbocycles. The summed E-state index contributed by atoms with van der Waals surface area (Å²) in [5.74, 6) is 4.50. The van der Waals surface area contributed by atoms with E-state index in [2.05, 4.69) is 17.2 Å². The van der Waals surface area contributed by atoms with Gasteiger partial charge in [0.1, 0.15) is 5.82 Å². The molecule has 1 heterocycles. The molecule has 0 unspecified atom stereocenters. The van der Waals surface area contributed by atoms with Gasteiger partial charge < -0.3 is 11.1 Å². The lowest BCUT2D eigenvalue weighted by Crippen LogP contribution is -2.11. The van der Waals surface area contributed by atoms with E-state index in [4.69, 9.17) is 5.73 Å². The maximum Gasteiger partial charge on any atom is 0.265 e. The summed E-state index contributed by atoms with van der Waals surface area (Å²) in [6, 6.07) is 6.26. The molecule has 0 radical (unpaired) electrons. The van der Waals surface area contributed by atoms with Gasteiger partial charge in [0.25, 0.3) is 5.91 Å². The van der Waals surface area contributed by atoms with Crippen LogP contribution in [0.25, 0.3) is 0 Å². The maximum atomic E-state index is 13.8. The molecule has 0 bridgehead atoms. The Balaban J connectivity index is 2.17. The van der Waals surface area contributed by atoms with Gasteiger partial charge in [-0.15, -0.1) is 11.3 Å². The van der Waals surface area contributed by atoms with Crippen LogP contribution in [0.1, 0.15) is 20.8 Å². The lowest BCUT2D eigenvalue weighted by molar-refractivity contribution is 0.103. The zero-order chi connectivity index (χ0) is 14.5. The zero-order valence-corrected chi connectivity index (χ0v) is 11.7. The third kappa shape index (κ3) is 3.23. The Morgan fingerprint density at radius 2 is 2.25 bits per heavy atom. The quantitative estimate of drug-likeness (QED) is 0.835. The second kappa shape index (κ2) is 6.33. The molecule has 0 spiro atoms. The number of amides is 1. The molecule has 3 N–H and O–H groups in total.